The molecule has 0 unspecified atom stereocenters. The number of hydrogen-bond donors (Lipinski definition) is 0. The van der Waals surface area contributed by atoms with Gasteiger partial charge in [-0.25, -0.2) is 0 Å². The first-order chi connectivity index (χ1) is 9.05. The molecule has 2 aromatic carbocycles. The van der Waals surface area contributed by atoms with Crippen LogP contribution < -0.4 is 0 Å². The number of hydrogen-bond acceptors (Lipinski definition) is 0. The van der Waals surface area contributed by atoms with E-state index in [0.717, 1.165) is 6.42 Å². The molecule has 0 fully saturated rings. The smallest absolute Gasteiger partial charge is 0.0729 e. The highest BCUT2D eigenvalue weighted by molar-refractivity contribution is 6.83. The Morgan fingerprint density at radius 1 is 0.842 bits per heavy atom. The van der Waals surface area contributed by atoms with Gasteiger partial charge in [-0.3, -0.25) is 0 Å². The van der Waals surface area contributed by atoms with Crippen molar-refractivity contribution in [3.63, 3.8) is 0 Å². The number of fused-ring (bicyclic) bond motifs is 1. The summed E-state index contributed by atoms with van der Waals surface area (Å²) >= 11 is 0. The van der Waals surface area contributed by atoms with Crippen molar-refractivity contribution in [3.05, 3.63) is 64.9 Å². The Hall–Kier alpha value is -1.60. The van der Waals surface area contributed by atoms with Gasteiger partial charge < -0.3 is 0 Å². The van der Waals surface area contributed by atoms with E-state index in [1.165, 1.54) is 22.3 Å². The summed E-state index contributed by atoms with van der Waals surface area (Å²) in [6.07, 6.45) is 3.62. The fourth-order valence-corrected chi connectivity index (χ4v) is 4.02. The van der Waals surface area contributed by atoms with Crippen molar-refractivity contribution in [2.45, 2.75) is 26.1 Å². The molecule has 2 aromatic rings. The van der Waals surface area contributed by atoms with Crippen molar-refractivity contribution in [2.75, 3.05) is 0 Å². The first kappa shape index (κ1) is 12.4. The largest absolute Gasteiger partial charge is 0.0761 e. The fourth-order valence-electron chi connectivity index (χ4n) is 2.72. The van der Waals surface area contributed by atoms with E-state index >= 15 is 0 Å². The Balaban J connectivity index is 2.12. The fraction of sp³-hybridized carbons (Fsp3) is 0.222. The molecule has 0 radical (unpaired) electrons. The van der Waals surface area contributed by atoms with E-state index in [1.54, 1.807) is 5.20 Å². The van der Waals surface area contributed by atoms with E-state index in [1.807, 2.05) is 0 Å². The van der Waals surface area contributed by atoms with Crippen LogP contribution in [0.3, 0.4) is 0 Å². The molecule has 0 saturated carbocycles. The minimum atomic E-state index is -1.18. The molecular formula is C18H20Si. The molecule has 1 heteroatoms. The summed E-state index contributed by atoms with van der Waals surface area (Å²) in [7, 11) is -1.18. The van der Waals surface area contributed by atoms with Crippen molar-refractivity contribution >= 4 is 14.1 Å². The van der Waals surface area contributed by atoms with Gasteiger partial charge in [0.05, 0.1) is 8.07 Å². The van der Waals surface area contributed by atoms with Crippen molar-refractivity contribution in [1.29, 1.82) is 0 Å². The van der Waals surface area contributed by atoms with Gasteiger partial charge in [-0.1, -0.05) is 79.4 Å². The Bertz CT molecular complexity index is 630. The Kier molecular flexibility index (Phi) is 2.94. The summed E-state index contributed by atoms with van der Waals surface area (Å²) in [5.41, 5.74) is 5.66. The number of benzene rings is 2. The second-order valence-electron chi connectivity index (χ2n) is 6.34. The molecule has 0 aromatic heterocycles. The van der Waals surface area contributed by atoms with Crippen LogP contribution in [0.25, 0.3) is 17.2 Å². The van der Waals surface area contributed by atoms with Gasteiger partial charge in [0.25, 0.3) is 0 Å². The lowest BCUT2D eigenvalue weighted by Crippen LogP contribution is -2.23. The molecule has 1 aliphatic rings. The first-order valence-corrected chi connectivity index (χ1v) is 10.4. The lowest BCUT2D eigenvalue weighted by molar-refractivity contribution is 1.26. The van der Waals surface area contributed by atoms with Crippen LogP contribution in [0.4, 0.5) is 0 Å². The maximum absolute atomic E-state index is 2.46. The molecule has 0 N–H and O–H groups in total. The summed E-state index contributed by atoms with van der Waals surface area (Å²) in [6, 6.07) is 17.5. The topological polar surface area (TPSA) is 0 Å². The summed E-state index contributed by atoms with van der Waals surface area (Å²) in [4.78, 5) is 0. The zero-order valence-corrected chi connectivity index (χ0v) is 12.9. The lowest BCUT2D eigenvalue weighted by atomic mass is 9.97. The third-order valence-electron chi connectivity index (χ3n) is 3.94. The first-order valence-electron chi connectivity index (χ1n) is 6.94. The van der Waals surface area contributed by atoms with E-state index in [2.05, 4.69) is 74.2 Å². The molecule has 0 bridgehead atoms. The average molecular weight is 264 g/mol. The third-order valence-corrected chi connectivity index (χ3v) is 6.19. The molecule has 96 valence electrons. The SMILES string of the molecule is C[Si](C)(C)C1=Cc2c(cccc2-c2ccccc2)C1. The predicted molar refractivity (Wildman–Crippen MR) is 86.9 cm³/mol. The number of rotatable bonds is 2. The lowest BCUT2D eigenvalue weighted by Gasteiger charge is -2.17. The van der Waals surface area contributed by atoms with Crippen molar-refractivity contribution in [1.82, 2.24) is 0 Å². The van der Waals surface area contributed by atoms with Crippen LogP contribution in [-0.2, 0) is 6.42 Å². The van der Waals surface area contributed by atoms with Gasteiger partial charge in [0.15, 0.2) is 0 Å². The molecular weight excluding hydrogens is 244 g/mol. The minimum absolute atomic E-state index is 1.16. The van der Waals surface area contributed by atoms with Crippen LogP contribution in [0.1, 0.15) is 11.1 Å². The summed E-state index contributed by atoms with van der Waals surface area (Å²) in [5, 5.41) is 1.67. The van der Waals surface area contributed by atoms with E-state index in [0.29, 0.717) is 0 Å². The van der Waals surface area contributed by atoms with Crippen LogP contribution >= 0.6 is 0 Å². The molecule has 0 saturated heterocycles. The maximum atomic E-state index is 2.46. The molecule has 0 aliphatic heterocycles. The Labute approximate surface area is 116 Å². The van der Waals surface area contributed by atoms with Crippen LogP contribution in [0, 0.1) is 0 Å². The zero-order chi connectivity index (χ0) is 13.5. The molecule has 0 heterocycles. The Morgan fingerprint density at radius 3 is 2.26 bits per heavy atom. The van der Waals surface area contributed by atoms with Gasteiger partial charge in [0, 0.05) is 0 Å². The highest BCUT2D eigenvalue weighted by Crippen LogP contribution is 2.36. The molecule has 1 aliphatic carbocycles. The van der Waals surface area contributed by atoms with Crippen molar-refractivity contribution < 1.29 is 0 Å². The van der Waals surface area contributed by atoms with E-state index in [4.69, 9.17) is 0 Å². The van der Waals surface area contributed by atoms with E-state index in [-0.39, 0.29) is 0 Å². The molecule has 0 atom stereocenters. The number of allylic oxidation sites excluding steroid dienone is 1. The predicted octanol–water partition coefficient (Wildman–Crippen LogP) is 5.17. The molecule has 0 amide bonds. The highest BCUT2D eigenvalue weighted by atomic mass is 28.3. The normalized spacial score (nSPS) is 14.2. The van der Waals surface area contributed by atoms with Crippen LogP contribution in [0.15, 0.2) is 53.7 Å². The van der Waals surface area contributed by atoms with Gasteiger partial charge in [-0.05, 0) is 28.7 Å². The summed E-state index contributed by atoms with van der Waals surface area (Å²) in [6.45, 7) is 7.31. The monoisotopic (exact) mass is 264 g/mol. The third kappa shape index (κ3) is 2.31. The quantitative estimate of drug-likeness (QED) is 0.656. The second kappa shape index (κ2) is 4.50. The maximum Gasteiger partial charge on any atom is 0.0729 e. The van der Waals surface area contributed by atoms with E-state index < -0.39 is 8.07 Å². The van der Waals surface area contributed by atoms with Crippen LogP contribution in [-0.4, -0.2) is 8.07 Å². The molecule has 0 nitrogen and oxygen atoms in total. The minimum Gasteiger partial charge on any atom is -0.0761 e. The van der Waals surface area contributed by atoms with Crippen LogP contribution in [0.2, 0.25) is 19.6 Å². The standard InChI is InChI=1S/C18H20Si/c1-19(2,3)16-12-15-10-7-11-17(18(15)13-16)14-8-5-4-6-9-14/h4-11,13H,12H2,1-3H3. The van der Waals surface area contributed by atoms with Gasteiger partial charge >= 0.3 is 0 Å². The highest BCUT2D eigenvalue weighted by Gasteiger charge is 2.25. The van der Waals surface area contributed by atoms with Gasteiger partial charge in [0.2, 0.25) is 0 Å². The van der Waals surface area contributed by atoms with E-state index in [9.17, 15) is 0 Å². The molecule has 3 rings (SSSR count). The zero-order valence-electron chi connectivity index (χ0n) is 11.9. The van der Waals surface area contributed by atoms with Gasteiger partial charge in [-0.2, -0.15) is 0 Å². The summed E-state index contributed by atoms with van der Waals surface area (Å²) in [5.74, 6) is 0. The van der Waals surface area contributed by atoms with Gasteiger partial charge in [0.1, 0.15) is 0 Å². The second-order valence-corrected chi connectivity index (χ2v) is 11.5. The Morgan fingerprint density at radius 2 is 1.58 bits per heavy atom. The molecule has 0 spiro atoms. The van der Waals surface area contributed by atoms with Crippen LogP contribution in [0.5, 0.6) is 0 Å². The van der Waals surface area contributed by atoms with Crippen molar-refractivity contribution in [3.8, 4) is 11.1 Å². The van der Waals surface area contributed by atoms with Crippen molar-refractivity contribution in [2.24, 2.45) is 0 Å². The molecule has 19 heavy (non-hydrogen) atoms. The summed E-state index contributed by atoms with van der Waals surface area (Å²) < 4.78 is 0. The van der Waals surface area contributed by atoms with Gasteiger partial charge in [-0.15, -0.1) is 0 Å². The average Bonchev–Trinajstić information content (AvgIpc) is 2.83.